The van der Waals surface area contributed by atoms with Crippen LogP contribution in [0.15, 0.2) is 42.5 Å². The molecule has 26 heavy (non-hydrogen) atoms. The molecule has 2 aromatic carbocycles. The summed E-state index contributed by atoms with van der Waals surface area (Å²) in [5.41, 5.74) is 2.29. The van der Waals surface area contributed by atoms with Gasteiger partial charge in [0.05, 0.1) is 12.8 Å². The van der Waals surface area contributed by atoms with Crippen molar-refractivity contribution in [1.29, 1.82) is 0 Å². The average Bonchev–Trinajstić information content (AvgIpc) is 3.04. The standard InChI is InChI=1S/C20H23ClN2O3/c1-22-10-4-7-16(22)13-23(20(24)25)19-9-8-17(26-2)12-18(19)14-5-3-6-15(21)11-14/h3,5-6,8-9,11-12,16H,4,7,10,13H2,1-2H3,(H,24,25). The number of likely N-dealkylation sites (tertiary alicyclic amines) is 1. The van der Waals surface area contributed by atoms with Gasteiger partial charge in [0, 0.05) is 23.2 Å². The number of likely N-dealkylation sites (N-methyl/N-ethyl adjacent to an activating group) is 1. The van der Waals surface area contributed by atoms with Crippen molar-refractivity contribution in [1.82, 2.24) is 4.90 Å². The zero-order chi connectivity index (χ0) is 18.7. The van der Waals surface area contributed by atoms with E-state index in [9.17, 15) is 9.90 Å². The van der Waals surface area contributed by atoms with Gasteiger partial charge < -0.3 is 14.7 Å². The monoisotopic (exact) mass is 374 g/mol. The highest BCUT2D eigenvalue weighted by Crippen LogP contribution is 2.36. The Morgan fingerprint density at radius 1 is 1.35 bits per heavy atom. The van der Waals surface area contributed by atoms with Crippen LogP contribution in [0.5, 0.6) is 5.75 Å². The minimum absolute atomic E-state index is 0.223. The molecule has 1 amide bonds. The lowest BCUT2D eigenvalue weighted by Crippen LogP contribution is -2.41. The Labute approximate surface area is 158 Å². The summed E-state index contributed by atoms with van der Waals surface area (Å²) in [5, 5.41) is 10.5. The molecule has 1 heterocycles. The van der Waals surface area contributed by atoms with E-state index in [4.69, 9.17) is 16.3 Å². The molecule has 0 aromatic heterocycles. The first-order valence-corrected chi connectivity index (χ1v) is 9.02. The van der Waals surface area contributed by atoms with Crippen LogP contribution in [0, 0.1) is 0 Å². The zero-order valence-electron chi connectivity index (χ0n) is 15.0. The number of benzene rings is 2. The van der Waals surface area contributed by atoms with Gasteiger partial charge in [-0.3, -0.25) is 4.90 Å². The van der Waals surface area contributed by atoms with E-state index < -0.39 is 6.09 Å². The fourth-order valence-electron chi connectivity index (χ4n) is 3.46. The van der Waals surface area contributed by atoms with Gasteiger partial charge in [-0.05, 0) is 62.3 Å². The number of nitrogens with zero attached hydrogens (tertiary/aromatic N) is 2. The molecular formula is C20H23ClN2O3. The SMILES string of the molecule is COc1ccc(N(CC2CCCN2C)C(=O)O)c(-c2cccc(Cl)c2)c1. The van der Waals surface area contributed by atoms with Crippen LogP contribution < -0.4 is 9.64 Å². The predicted molar refractivity (Wildman–Crippen MR) is 104 cm³/mol. The second-order valence-electron chi connectivity index (χ2n) is 6.56. The normalized spacial score (nSPS) is 17.3. The van der Waals surface area contributed by atoms with Crippen LogP contribution >= 0.6 is 11.6 Å². The first-order valence-electron chi connectivity index (χ1n) is 8.64. The predicted octanol–water partition coefficient (Wildman–Crippen LogP) is 4.59. The average molecular weight is 375 g/mol. The molecule has 0 spiro atoms. The summed E-state index contributed by atoms with van der Waals surface area (Å²) in [6.45, 7) is 1.44. The molecule has 1 unspecified atom stereocenters. The summed E-state index contributed by atoms with van der Waals surface area (Å²) in [6.07, 6.45) is 1.14. The van der Waals surface area contributed by atoms with Gasteiger partial charge in [0.1, 0.15) is 5.75 Å². The van der Waals surface area contributed by atoms with Crippen molar-refractivity contribution < 1.29 is 14.6 Å². The number of halogens is 1. The van der Waals surface area contributed by atoms with Crippen LogP contribution in [0.3, 0.4) is 0 Å². The molecule has 1 aliphatic heterocycles. The summed E-state index contributed by atoms with van der Waals surface area (Å²) in [6, 6.07) is 13.1. The molecule has 138 valence electrons. The number of hydrogen-bond acceptors (Lipinski definition) is 3. The van der Waals surface area contributed by atoms with Crippen molar-refractivity contribution >= 4 is 23.4 Å². The molecule has 2 aromatic rings. The van der Waals surface area contributed by atoms with Gasteiger partial charge in [-0.25, -0.2) is 4.79 Å². The molecule has 0 radical (unpaired) electrons. The van der Waals surface area contributed by atoms with Crippen molar-refractivity contribution in [3.63, 3.8) is 0 Å². The first-order chi connectivity index (χ1) is 12.5. The van der Waals surface area contributed by atoms with Crippen LogP contribution in [-0.2, 0) is 0 Å². The number of ether oxygens (including phenoxy) is 1. The molecule has 1 fully saturated rings. The Balaban J connectivity index is 2.04. The maximum Gasteiger partial charge on any atom is 0.411 e. The molecular weight excluding hydrogens is 352 g/mol. The lowest BCUT2D eigenvalue weighted by molar-refractivity contribution is 0.198. The van der Waals surface area contributed by atoms with Crippen molar-refractivity contribution in [3.8, 4) is 16.9 Å². The van der Waals surface area contributed by atoms with Crippen molar-refractivity contribution in [2.45, 2.75) is 18.9 Å². The molecule has 1 aliphatic rings. The van der Waals surface area contributed by atoms with E-state index in [1.54, 1.807) is 25.3 Å². The molecule has 6 heteroatoms. The molecule has 0 aliphatic carbocycles. The summed E-state index contributed by atoms with van der Waals surface area (Å²) < 4.78 is 5.35. The second-order valence-corrected chi connectivity index (χ2v) is 7.00. The molecule has 1 saturated heterocycles. The minimum Gasteiger partial charge on any atom is -0.497 e. The molecule has 5 nitrogen and oxygen atoms in total. The first kappa shape index (κ1) is 18.5. The lowest BCUT2D eigenvalue weighted by atomic mass is 10.0. The lowest BCUT2D eigenvalue weighted by Gasteiger charge is -2.28. The number of carbonyl (C=O) groups is 1. The molecule has 1 atom stereocenters. The van der Waals surface area contributed by atoms with Gasteiger partial charge in [0.2, 0.25) is 0 Å². The number of anilines is 1. The fourth-order valence-corrected chi connectivity index (χ4v) is 3.66. The Bertz CT molecular complexity index is 796. The van der Waals surface area contributed by atoms with E-state index in [1.807, 2.05) is 31.3 Å². The van der Waals surface area contributed by atoms with Gasteiger partial charge in [-0.1, -0.05) is 23.7 Å². The van der Waals surface area contributed by atoms with Crippen LogP contribution in [-0.4, -0.2) is 49.4 Å². The Morgan fingerprint density at radius 2 is 2.15 bits per heavy atom. The van der Waals surface area contributed by atoms with E-state index in [0.29, 0.717) is 23.0 Å². The third-order valence-corrected chi connectivity index (χ3v) is 5.16. The van der Waals surface area contributed by atoms with Crippen molar-refractivity contribution in [2.75, 3.05) is 32.1 Å². The number of carboxylic acid groups (broad SMARTS) is 1. The molecule has 1 N–H and O–H groups in total. The van der Waals surface area contributed by atoms with E-state index in [2.05, 4.69) is 4.90 Å². The molecule has 0 bridgehead atoms. The Morgan fingerprint density at radius 3 is 2.77 bits per heavy atom. The van der Waals surface area contributed by atoms with Gasteiger partial charge >= 0.3 is 6.09 Å². The van der Waals surface area contributed by atoms with Gasteiger partial charge in [-0.15, -0.1) is 0 Å². The van der Waals surface area contributed by atoms with E-state index in [-0.39, 0.29) is 6.04 Å². The third kappa shape index (κ3) is 3.94. The van der Waals surface area contributed by atoms with Crippen molar-refractivity contribution in [3.05, 3.63) is 47.5 Å². The minimum atomic E-state index is -0.959. The summed E-state index contributed by atoms with van der Waals surface area (Å²) in [4.78, 5) is 15.7. The summed E-state index contributed by atoms with van der Waals surface area (Å²) >= 11 is 6.15. The van der Waals surface area contributed by atoms with Crippen LogP contribution in [0.4, 0.5) is 10.5 Å². The number of amides is 1. The smallest absolute Gasteiger partial charge is 0.411 e. The third-order valence-electron chi connectivity index (χ3n) is 4.93. The highest BCUT2D eigenvalue weighted by Gasteiger charge is 2.28. The summed E-state index contributed by atoms with van der Waals surface area (Å²) in [7, 11) is 3.64. The maximum atomic E-state index is 12.0. The van der Waals surface area contributed by atoms with Gasteiger partial charge in [-0.2, -0.15) is 0 Å². The summed E-state index contributed by atoms with van der Waals surface area (Å²) in [5.74, 6) is 0.673. The van der Waals surface area contributed by atoms with Gasteiger partial charge in [0.15, 0.2) is 0 Å². The molecule has 3 rings (SSSR count). The highest BCUT2D eigenvalue weighted by molar-refractivity contribution is 6.30. The van der Waals surface area contributed by atoms with Crippen LogP contribution in [0.1, 0.15) is 12.8 Å². The van der Waals surface area contributed by atoms with E-state index >= 15 is 0 Å². The topological polar surface area (TPSA) is 53.0 Å². The fraction of sp³-hybridized carbons (Fsp3) is 0.350. The van der Waals surface area contributed by atoms with Crippen molar-refractivity contribution in [2.24, 2.45) is 0 Å². The number of rotatable bonds is 5. The second kappa shape index (κ2) is 7.98. The number of methoxy groups -OCH3 is 1. The largest absolute Gasteiger partial charge is 0.497 e. The Kier molecular flexibility index (Phi) is 5.69. The van der Waals surface area contributed by atoms with E-state index in [0.717, 1.165) is 30.5 Å². The zero-order valence-corrected chi connectivity index (χ0v) is 15.7. The molecule has 0 saturated carbocycles. The van der Waals surface area contributed by atoms with Gasteiger partial charge in [0.25, 0.3) is 0 Å². The number of hydrogen-bond donors (Lipinski definition) is 1. The van der Waals surface area contributed by atoms with Crippen LogP contribution in [0.25, 0.3) is 11.1 Å². The maximum absolute atomic E-state index is 12.0. The quantitative estimate of drug-likeness (QED) is 0.831. The Hall–Kier alpha value is -2.24. The van der Waals surface area contributed by atoms with E-state index in [1.165, 1.54) is 4.90 Å². The highest BCUT2D eigenvalue weighted by atomic mass is 35.5. The van der Waals surface area contributed by atoms with Crippen LogP contribution in [0.2, 0.25) is 5.02 Å².